The van der Waals surface area contributed by atoms with Crippen LogP contribution in [0.3, 0.4) is 0 Å². The van der Waals surface area contributed by atoms with Crippen LogP contribution in [0.1, 0.15) is 54.2 Å². The maximum absolute atomic E-state index is 13.6. The van der Waals surface area contributed by atoms with E-state index < -0.39 is 12.2 Å². The lowest BCUT2D eigenvalue weighted by molar-refractivity contribution is 0.0995. The molecule has 3 aliphatic rings. The average Bonchev–Trinajstić information content (AvgIpc) is 3.59. The number of nitrogens with zero attached hydrogens (tertiary/aromatic N) is 6. The Balaban J connectivity index is 1.50. The second-order valence-electron chi connectivity index (χ2n) is 9.68. The molecule has 36 heavy (non-hydrogen) atoms. The molecule has 1 aliphatic carbocycles. The van der Waals surface area contributed by atoms with Crippen LogP contribution in [0.4, 0.5) is 27.0 Å². The van der Waals surface area contributed by atoms with Crippen LogP contribution < -0.4 is 14.7 Å². The Labute approximate surface area is 209 Å². The average molecular weight is 495 g/mol. The minimum atomic E-state index is -1.07. The first-order valence-corrected chi connectivity index (χ1v) is 12.2. The minimum absolute atomic E-state index is 0.0652. The van der Waals surface area contributed by atoms with Crippen LogP contribution in [0.5, 0.6) is 0 Å². The van der Waals surface area contributed by atoms with Gasteiger partial charge in [-0.2, -0.15) is 0 Å². The maximum atomic E-state index is 13.6. The van der Waals surface area contributed by atoms with Gasteiger partial charge in [0.2, 0.25) is 0 Å². The number of aromatic nitrogens is 2. The van der Waals surface area contributed by atoms with Crippen LogP contribution in [-0.4, -0.2) is 70.9 Å². The van der Waals surface area contributed by atoms with Gasteiger partial charge in [0, 0.05) is 25.7 Å². The molecule has 190 valence electrons. The zero-order chi connectivity index (χ0) is 25.6. The van der Waals surface area contributed by atoms with Crippen LogP contribution in [0.25, 0.3) is 0 Å². The molecular weight excluding hydrogens is 464 g/mol. The van der Waals surface area contributed by atoms with Gasteiger partial charge in [0.15, 0.2) is 0 Å². The molecule has 2 aromatic heterocycles. The number of ether oxygens (including phenoxy) is 1. The largest absolute Gasteiger partial charge is 0.465 e. The summed E-state index contributed by atoms with van der Waals surface area (Å²) in [6.07, 6.45) is 2.91. The van der Waals surface area contributed by atoms with Crippen molar-refractivity contribution >= 4 is 35.5 Å². The topological polar surface area (TPSA) is 119 Å². The zero-order valence-electron chi connectivity index (χ0n) is 20.7. The van der Waals surface area contributed by atoms with Crippen molar-refractivity contribution in [2.75, 3.05) is 35.4 Å². The number of fused-ring (bicyclic) bond motifs is 1. The van der Waals surface area contributed by atoms with Crippen molar-refractivity contribution in [3.05, 3.63) is 41.1 Å². The van der Waals surface area contributed by atoms with Gasteiger partial charge in [0.05, 0.1) is 30.4 Å². The molecule has 1 saturated carbocycles. The molecule has 3 amide bonds. The number of carbonyl (C=O) groups is 3. The second kappa shape index (κ2) is 9.29. The van der Waals surface area contributed by atoms with Gasteiger partial charge in [-0.3, -0.25) is 14.6 Å². The first kappa shape index (κ1) is 23.8. The van der Waals surface area contributed by atoms with Crippen LogP contribution in [0.2, 0.25) is 0 Å². The summed E-state index contributed by atoms with van der Waals surface area (Å²) < 4.78 is 5.12. The zero-order valence-corrected chi connectivity index (χ0v) is 20.7. The van der Waals surface area contributed by atoms with E-state index in [1.54, 1.807) is 23.1 Å². The molecule has 2 aliphatic heterocycles. The molecule has 1 atom stereocenters. The first-order valence-electron chi connectivity index (χ1n) is 12.2. The quantitative estimate of drug-likeness (QED) is 0.648. The lowest BCUT2D eigenvalue weighted by atomic mass is 10.1. The van der Waals surface area contributed by atoms with Gasteiger partial charge >= 0.3 is 12.2 Å². The van der Waals surface area contributed by atoms with Crippen molar-refractivity contribution in [3.8, 4) is 0 Å². The Morgan fingerprint density at radius 2 is 1.89 bits per heavy atom. The number of anilines is 3. The van der Waals surface area contributed by atoms with Crippen molar-refractivity contribution in [2.45, 2.75) is 57.8 Å². The summed E-state index contributed by atoms with van der Waals surface area (Å²) in [6, 6.07) is 7.18. The number of pyridine rings is 2. The van der Waals surface area contributed by atoms with E-state index in [1.165, 1.54) is 11.9 Å². The summed E-state index contributed by atoms with van der Waals surface area (Å²) in [6.45, 7) is 2.43. The normalized spacial score (nSPS) is 19.6. The van der Waals surface area contributed by atoms with Gasteiger partial charge in [-0.15, -0.1) is 0 Å². The van der Waals surface area contributed by atoms with Crippen LogP contribution in [-0.2, 0) is 17.8 Å². The fraction of sp³-hybridized carbons (Fsp3) is 0.480. The van der Waals surface area contributed by atoms with E-state index in [-0.39, 0.29) is 31.6 Å². The van der Waals surface area contributed by atoms with Crippen molar-refractivity contribution in [1.82, 2.24) is 14.9 Å². The monoisotopic (exact) mass is 494 g/mol. The van der Waals surface area contributed by atoms with E-state index in [0.29, 0.717) is 40.3 Å². The summed E-state index contributed by atoms with van der Waals surface area (Å²) in [4.78, 5) is 53.1. The van der Waals surface area contributed by atoms with Crippen LogP contribution in [0.15, 0.2) is 24.3 Å². The number of carboxylic acid groups (broad SMARTS) is 1. The number of hydrogen-bond donors (Lipinski definition) is 1. The molecule has 11 heteroatoms. The molecule has 0 radical (unpaired) electrons. The fourth-order valence-corrected chi connectivity index (χ4v) is 5.15. The van der Waals surface area contributed by atoms with E-state index in [9.17, 15) is 19.5 Å². The predicted molar refractivity (Wildman–Crippen MR) is 132 cm³/mol. The lowest BCUT2D eigenvalue weighted by Gasteiger charge is -2.27. The summed E-state index contributed by atoms with van der Waals surface area (Å²) in [5.74, 6) is 1.26. The second-order valence-corrected chi connectivity index (χ2v) is 9.68. The van der Waals surface area contributed by atoms with E-state index in [2.05, 4.69) is 9.88 Å². The molecular formula is C25H30N6O5. The maximum Gasteiger partial charge on any atom is 0.415 e. The molecule has 4 heterocycles. The molecule has 11 nitrogen and oxygen atoms in total. The molecule has 0 spiro atoms. The Hall–Kier alpha value is -3.89. The number of rotatable bonds is 6. The Bertz CT molecular complexity index is 1210. The summed E-state index contributed by atoms with van der Waals surface area (Å²) >= 11 is 0. The third-order valence-corrected chi connectivity index (χ3v) is 7.26. The molecule has 2 fully saturated rings. The SMILES string of the molecule is C[C@H]1COC(=O)N1c1cccc(N2Cc3c(cc(N(C)C4CCCC4)nc3CN(C)C(=O)O)C2=O)n1. The standard InChI is InChI=1S/C25H30N6O5/c1-15-14-36-25(35)31(15)21-10-6-9-20(27-21)30-12-18-17(23(30)32)11-22(29(3)16-7-4-5-8-16)26-19(18)13-28(2)24(33)34/h6,9-11,15-16H,4-5,7-8,12-14H2,1-3H3,(H,33,34)/t15-/m0/s1. The molecule has 0 unspecified atom stereocenters. The molecule has 2 aromatic rings. The summed E-state index contributed by atoms with van der Waals surface area (Å²) in [5.41, 5.74) is 1.75. The van der Waals surface area contributed by atoms with Gasteiger partial charge in [0.25, 0.3) is 5.91 Å². The van der Waals surface area contributed by atoms with E-state index >= 15 is 0 Å². The summed E-state index contributed by atoms with van der Waals surface area (Å²) in [7, 11) is 3.47. The van der Waals surface area contributed by atoms with Crippen LogP contribution in [0, 0.1) is 0 Å². The lowest BCUT2D eigenvalue weighted by Crippen LogP contribution is -2.32. The third kappa shape index (κ3) is 4.18. The third-order valence-electron chi connectivity index (χ3n) is 7.26. The fourth-order valence-electron chi connectivity index (χ4n) is 5.15. The highest BCUT2D eigenvalue weighted by molar-refractivity contribution is 6.10. The summed E-state index contributed by atoms with van der Waals surface area (Å²) in [5, 5.41) is 9.46. The van der Waals surface area contributed by atoms with Crippen molar-refractivity contribution in [2.24, 2.45) is 0 Å². The van der Waals surface area contributed by atoms with Crippen molar-refractivity contribution in [3.63, 3.8) is 0 Å². The number of carbonyl (C=O) groups excluding carboxylic acids is 2. The highest BCUT2D eigenvalue weighted by Gasteiger charge is 2.36. The minimum Gasteiger partial charge on any atom is -0.465 e. The molecule has 1 saturated heterocycles. The molecule has 0 bridgehead atoms. The van der Waals surface area contributed by atoms with Crippen molar-refractivity contribution < 1.29 is 24.2 Å². The van der Waals surface area contributed by atoms with Crippen molar-refractivity contribution in [1.29, 1.82) is 0 Å². The number of amides is 3. The molecule has 0 aromatic carbocycles. The number of hydrogen-bond acceptors (Lipinski definition) is 7. The first-order chi connectivity index (χ1) is 17.2. The molecule has 1 N–H and O–H groups in total. The highest BCUT2D eigenvalue weighted by atomic mass is 16.6. The van der Waals surface area contributed by atoms with Gasteiger partial charge < -0.3 is 19.6 Å². The Morgan fingerprint density at radius 1 is 1.17 bits per heavy atom. The number of cyclic esters (lactones) is 1. The van der Waals surface area contributed by atoms with Crippen LogP contribution >= 0.6 is 0 Å². The van der Waals surface area contributed by atoms with E-state index in [0.717, 1.165) is 30.6 Å². The van der Waals surface area contributed by atoms with E-state index in [1.807, 2.05) is 20.0 Å². The molecule has 5 rings (SSSR count). The van der Waals surface area contributed by atoms with E-state index in [4.69, 9.17) is 9.72 Å². The smallest absolute Gasteiger partial charge is 0.415 e. The highest BCUT2D eigenvalue weighted by Crippen LogP contribution is 2.35. The Morgan fingerprint density at radius 3 is 2.56 bits per heavy atom. The Kier molecular flexibility index (Phi) is 6.15. The van der Waals surface area contributed by atoms with Gasteiger partial charge in [-0.05, 0) is 38.0 Å². The van der Waals surface area contributed by atoms with Gasteiger partial charge in [0.1, 0.15) is 24.1 Å². The van der Waals surface area contributed by atoms with Gasteiger partial charge in [-0.1, -0.05) is 18.9 Å². The predicted octanol–water partition coefficient (Wildman–Crippen LogP) is 3.47. The van der Waals surface area contributed by atoms with Gasteiger partial charge in [-0.25, -0.2) is 19.6 Å².